The van der Waals surface area contributed by atoms with Crippen LogP contribution >= 0.6 is 0 Å². The average Bonchev–Trinajstić information content (AvgIpc) is 0.670. The maximum absolute atomic E-state index is 16.0. The molecule has 18 N–H and O–H groups in total. The third-order valence-electron chi connectivity index (χ3n) is 26.7. The monoisotopic (exact) mass is 1510 g/mol. The molecule has 12 rings (SSSR count). The highest BCUT2D eigenvalue weighted by Crippen LogP contribution is 2.76. The summed E-state index contributed by atoms with van der Waals surface area (Å²) < 4.78 is 89.6. The zero-order valence-electron chi connectivity index (χ0n) is 60.6. The van der Waals surface area contributed by atoms with Crippen LogP contribution in [0.5, 0.6) is 0 Å². The van der Waals surface area contributed by atoms with E-state index in [0.29, 0.717) is 44.9 Å². The van der Waals surface area contributed by atoms with Crippen LogP contribution in [0.1, 0.15) is 120 Å². The van der Waals surface area contributed by atoms with Crippen molar-refractivity contribution in [1.29, 1.82) is 0 Å². The number of esters is 2. The van der Waals surface area contributed by atoms with Gasteiger partial charge >= 0.3 is 11.9 Å². The van der Waals surface area contributed by atoms with Crippen molar-refractivity contribution in [2.75, 3.05) is 33.5 Å². The van der Waals surface area contributed by atoms with Gasteiger partial charge in [-0.15, -0.1) is 0 Å². The maximum Gasteiger partial charge on any atom is 0.337 e. The van der Waals surface area contributed by atoms with Crippen molar-refractivity contribution in [3.05, 3.63) is 11.6 Å². The molecule has 0 amide bonds. The van der Waals surface area contributed by atoms with Crippen molar-refractivity contribution >= 4 is 11.9 Å². The molecule has 12 aliphatic rings. The second-order valence-corrected chi connectivity index (χ2v) is 33.6. The number of rotatable bonds is 16. The van der Waals surface area contributed by atoms with E-state index in [1.165, 1.54) is 13.8 Å². The van der Waals surface area contributed by atoms with Crippen LogP contribution in [0, 0.1) is 50.2 Å². The Morgan fingerprint density at radius 2 is 1.02 bits per heavy atom. The third-order valence-corrected chi connectivity index (χ3v) is 26.7. The quantitative estimate of drug-likeness (QED) is 0.0390. The summed E-state index contributed by atoms with van der Waals surface area (Å²) in [6.45, 7) is 15.4. The van der Waals surface area contributed by atoms with Crippen molar-refractivity contribution in [3.63, 3.8) is 0 Å². The Labute approximate surface area is 606 Å². The molecule has 4 saturated carbocycles. The largest absolute Gasteiger partial charge is 0.467 e. The molecule has 11 fully saturated rings. The summed E-state index contributed by atoms with van der Waals surface area (Å²) in [6, 6.07) is 0. The minimum atomic E-state index is -2.10. The summed E-state index contributed by atoms with van der Waals surface area (Å²) in [5.41, 5.74) is -3.49. The summed E-state index contributed by atoms with van der Waals surface area (Å²) in [7, 11) is 1.08. The predicted molar refractivity (Wildman–Crippen MR) is 346 cm³/mol. The maximum atomic E-state index is 16.0. The molecule has 5 aliphatic carbocycles. The fraction of sp³-hybridized carbons (Fsp3) is 0.943. The van der Waals surface area contributed by atoms with Gasteiger partial charge in [0.15, 0.2) is 49.9 Å². The van der Waals surface area contributed by atoms with E-state index >= 15 is 4.79 Å². The molecule has 0 unspecified atom stereocenters. The van der Waals surface area contributed by atoms with Gasteiger partial charge in [-0.3, -0.25) is 4.79 Å². The first-order valence-corrected chi connectivity index (χ1v) is 36.8. The molecule has 7 heterocycles. The molecule has 0 radical (unpaired) electrons. The number of aliphatic hydroxyl groups is 18. The highest BCUT2D eigenvalue weighted by Gasteiger charge is 2.73. The van der Waals surface area contributed by atoms with Crippen molar-refractivity contribution in [3.8, 4) is 0 Å². The zero-order valence-corrected chi connectivity index (χ0v) is 60.6. The second-order valence-electron chi connectivity index (χ2n) is 33.6. The minimum absolute atomic E-state index is 0.0365. The first kappa shape index (κ1) is 81.9. The molecule has 41 atom stereocenters. The van der Waals surface area contributed by atoms with E-state index in [1.807, 2.05) is 0 Å². The summed E-state index contributed by atoms with van der Waals surface area (Å²) >= 11 is 0. The predicted octanol–water partition coefficient (Wildman–Crippen LogP) is -5.44. The van der Waals surface area contributed by atoms with Gasteiger partial charge in [-0.05, 0) is 116 Å². The SMILES string of the molecule is COC(=O)[C@H]1O[C@@H](O[C@H]2CC[C@]3(C)[C@H]4CC=C5[C@@H]6CC(C)(C)CC[C@]6(C(=O)O[C@@H]6OC[C@@H](O)[C@H](O[C@@H]7O[C@@H](C)[C@H](O)[C@@H](O)[C@H]7O)[C@H]6O[C@@H]6O[C@@H](C)[C@H](O[C@@H]7OC[C@@H](O)[C@H](O[C@@H]8OC[C@@H](O)[C@H](O)[C@H]8O)[C@H]7O)[C@@H](O)[C@H]6O)[C@H](O)C[C@@]5(C)[C@]4(C)CC[C@H]3C2(C)C)[C@H](O[C@@H]2O[C@H](CO)[C@H](O)[C@H](O)[C@H]2O)[C@@H](O)[C@@H]1O. The molecule has 7 saturated heterocycles. The number of fused-ring (bicyclic) bond motifs is 7. The Morgan fingerprint density at radius 1 is 0.476 bits per heavy atom. The van der Waals surface area contributed by atoms with E-state index in [4.69, 9.17) is 71.1 Å². The summed E-state index contributed by atoms with van der Waals surface area (Å²) in [5, 5.41) is 200. The van der Waals surface area contributed by atoms with Gasteiger partial charge in [-0.25, -0.2) is 4.79 Å². The molecule has 0 spiro atoms. The topological polar surface area (TPSA) is 537 Å². The highest BCUT2D eigenvalue weighted by atomic mass is 16.8. The number of hydrogen-bond donors (Lipinski definition) is 18. The second kappa shape index (κ2) is 30.7. The zero-order chi connectivity index (χ0) is 76.6. The van der Waals surface area contributed by atoms with E-state index in [1.54, 1.807) is 0 Å². The fourth-order valence-electron chi connectivity index (χ4n) is 20.2. The molecular weight excluding hydrogens is 1400 g/mol. The van der Waals surface area contributed by atoms with Crippen LogP contribution in [-0.4, -0.2) is 346 Å². The molecule has 7 aliphatic heterocycles. The minimum Gasteiger partial charge on any atom is -0.467 e. The smallest absolute Gasteiger partial charge is 0.337 e. The van der Waals surface area contributed by atoms with E-state index < -0.39 is 280 Å². The van der Waals surface area contributed by atoms with Crippen LogP contribution in [0.15, 0.2) is 11.6 Å². The van der Waals surface area contributed by atoms with Crippen molar-refractivity contribution < 1.29 is 173 Å². The molecule has 0 bridgehead atoms. The Bertz CT molecular complexity index is 3040. The Balaban J connectivity index is 0.795. The number of ether oxygens (including phenoxy) is 15. The van der Waals surface area contributed by atoms with Crippen LogP contribution in [-0.2, 0) is 80.6 Å². The van der Waals surface area contributed by atoms with Crippen LogP contribution in [0.2, 0.25) is 0 Å². The third kappa shape index (κ3) is 14.2. The molecule has 0 aromatic carbocycles. The normalized spacial score (nSPS) is 54.2. The average molecular weight is 1510 g/mol. The Kier molecular flexibility index (Phi) is 24.0. The standard InChI is InChI=1S/C70H112O35/c1-25-37(76)40(79)46(85)59(95-25)101-52-31(74)24-94-62(55(52)104-60-48(87)44(83)50(26(2)96-60)99-58-49(88)51(30(73)23-93-58)100-57-45(84)38(77)29(72)22-92-57)105-64(90)70-18-17-65(3,4)19-28(70)27-11-12-34-67(7)15-14-36(66(5,6)33(67)13-16-68(34,8)69(27,9)20-35(70)75)98-63-54(43(82)42(81)53(102-63)56(89)91-10)103-61-47(86)41(80)39(78)32(21-71)97-61/h11,25-26,28-55,57-63,71-88H,12-24H2,1-10H3/t25-,26-,28-,29+,30+,31+,32+,33-,34+,35+,36-,37-,38-,39-,40+,41-,42-,43-,44-,45+,46+,47+,48+,49+,50-,51-,52-,53-,54+,55+,57-,58-,59-,60-,61-,62-,63+,67-,68+,69+,70+/m0/s1. The lowest BCUT2D eigenvalue weighted by atomic mass is 9.33. The molecule has 35 nitrogen and oxygen atoms in total. The lowest BCUT2D eigenvalue weighted by Crippen LogP contribution is -2.69. The summed E-state index contributed by atoms with van der Waals surface area (Å²) in [5.74, 6) is -2.68. The molecule has 602 valence electrons. The molecule has 105 heavy (non-hydrogen) atoms. The number of aliphatic hydroxyl groups excluding tert-OH is 18. The van der Waals surface area contributed by atoms with Gasteiger partial charge in [-0.2, -0.15) is 0 Å². The van der Waals surface area contributed by atoms with Crippen LogP contribution in [0.25, 0.3) is 0 Å². The Morgan fingerprint density at radius 3 is 1.68 bits per heavy atom. The van der Waals surface area contributed by atoms with E-state index in [0.717, 1.165) is 12.7 Å². The number of carbonyl (C=O) groups excluding carboxylic acids is 2. The lowest BCUT2D eigenvalue weighted by molar-refractivity contribution is -0.387. The summed E-state index contributed by atoms with van der Waals surface area (Å²) in [6.07, 6.45) is -51.2. The van der Waals surface area contributed by atoms with Crippen LogP contribution in [0.4, 0.5) is 0 Å². The van der Waals surface area contributed by atoms with Crippen molar-refractivity contribution in [1.82, 2.24) is 0 Å². The summed E-state index contributed by atoms with van der Waals surface area (Å²) in [4.78, 5) is 29.1. The molecule has 0 aromatic rings. The van der Waals surface area contributed by atoms with Gasteiger partial charge in [0.05, 0.1) is 58.0 Å². The number of methoxy groups -OCH3 is 1. The first-order valence-electron chi connectivity index (χ1n) is 36.8. The number of hydrogen-bond acceptors (Lipinski definition) is 35. The van der Waals surface area contributed by atoms with Gasteiger partial charge in [0, 0.05) is 0 Å². The van der Waals surface area contributed by atoms with Gasteiger partial charge in [0.25, 0.3) is 0 Å². The van der Waals surface area contributed by atoms with Gasteiger partial charge in [0.1, 0.15) is 134 Å². The van der Waals surface area contributed by atoms with Crippen molar-refractivity contribution in [2.45, 2.75) is 329 Å². The lowest BCUT2D eigenvalue weighted by Gasteiger charge is -2.71. The Hall–Kier alpha value is -2.56. The molecular formula is C70H112O35. The highest BCUT2D eigenvalue weighted by molar-refractivity contribution is 5.80. The van der Waals surface area contributed by atoms with E-state index in [-0.39, 0.29) is 30.1 Å². The number of allylic oxidation sites excluding steroid dienone is 2. The molecule has 35 heteroatoms. The van der Waals surface area contributed by atoms with E-state index in [9.17, 15) is 96.7 Å². The van der Waals surface area contributed by atoms with Gasteiger partial charge < -0.3 is 163 Å². The fourth-order valence-corrected chi connectivity index (χ4v) is 20.2. The van der Waals surface area contributed by atoms with Gasteiger partial charge in [0.2, 0.25) is 6.29 Å². The van der Waals surface area contributed by atoms with E-state index in [2.05, 4.69) is 54.5 Å². The van der Waals surface area contributed by atoms with Crippen LogP contribution in [0.3, 0.4) is 0 Å². The molecule has 0 aromatic heterocycles. The first-order chi connectivity index (χ1) is 49.2. The van der Waals surface area contributed by atoms with Gasteiger partial charge in [-0.1, -0.05) is 60.1 Å². The number of carbonyl (C=O) groups is 2. The van der Waals surface area contributed by atoms with Crippen LogP contribution < -0.4 is 0 Å². The van der Waals surface area contributed by atoms with Crippen molar-refractivity contribution in [2.24, 2.45) is 50.2 Å².